The van der Waals surface area contributed by atoms with Crippen LogP contribution in [0.2, 0.25) is 15.1 Å². The molecule has 25 heavy (non-hydrogen) atoms. The summed E-state index contributed by atoms with van der Waals surface area (Å²) in [7, 11) is 0. The fourth-order valence-electron chi connectivity index (χ4n) is 2.16. The van der Waals surface area contributed by atoms with E-state index in [9.17, 15) is 9.59 Å². The molecule has 2 aromatic carbocycles. The van der Waals surface area contributed by atoms with Crippen molar-refractivity contribution in [3.63, 3.8) is 0 Å². The first-order valence-electron chi connectivity index (χ1n) is 7.50. The third-order valence-corrected chi connectivity index (χ3v) is 4.30. The number of hydrogen-bond donors (Lipinski definition) is 1. The SMILES string of the molecule is C[C@H](OC(=O)c1cccc(Cl)c1)C(=O)N[C@H](C)c1ccc(Cl)cc1Cl. The Balaban J connectivity index is 1.98. The number of rotatable bonds is 5. The number of ether oxygens (including phenoxy) is 1. The van der Waals surface area contributed by atoms with E-state index in [-0.39, 0.29) is 11.6 Å². The van der Waals surface area contributed by atoms with Crippen molar-refractivity contribution in [1.29, 1.82) is 0 Å². The van der Waals surface area contributed by atoms with Crippen molar-refractivity contribution >= 4 is 46.7 Å². The molecule has 1 amide bonds. The molecule has 0 spiro atoms. The molecule has 0 saturated heterocycles. The molecule has 0 fully saturated rings. The summed E-state index contributed by atoms with van der Waals surface area (Å²) in [5, 5.41) is 4.13. The van der Waals surface area contributed by atoms with Gasteiger partial charge in [-0.05, 0) is 49.7 Å². The van der Waals surface area contributed by atoms with Crippen LogP contribution in [0.1, 0.15) is 35.8 Å². The van der Waals surface area contributed by atoms with Crippen LogP contribution in [0.3, 0.4) is 0 Å². The molecule has 0 aliphatic rings. The van der Waals surface area contributed by atoms with Crippen molar-refractivity contribution in [3.05, 3.63) is 68.7 Å². The maximum Gasteiger partial charge on any atom is 0.338 e. The molecule has 0 saturated carbocycles. The van der Waals surface area contributed by atoms with E-state index < -0.39 is 18.0 Å². The minimum absolute atomic E-state index is 0.279. The van der Waals surface area contributed by atoms with Crippen molar-refractivity contribution in [1.82, 2.24) is 5.32 Å². The number of benzene rings is 2. The second-order valence-electron chi connectivity index (χ2n) is 5.45. The lowest BCUT2D eigenvalue weighted by Gasteiger charge is -2.19. The number of hydrogen-bond acceptors (Lipinski definition) is 3. The average molecular weight is 401 g/mol. The van der Waals surface area contributed by atoms with Gasteiger partial charge in [-0.1, -0.05) is 46.9 Å². The fraction of sp³-hybridized carbons (Fsp3) is 0.222. The summed E-state index contributed by atoms with van der Waals surface area (Å²) in [5.74, 6) is -1.06. The van der Waals surface area contributed by atoms with E-state index in [1.165, 1.54) is 13.0 Å². The highest BCUT2D eigenvalue weighted by Gasteiger charge is 2.21. The molecule has 0 aliphatic heterocycles. The van der Waals surface area contributed by atoms with Crippen LogP contribution in [-0.2, 0) is 9.53 Å². The average Bonchev–Trinajstić information content (AvgIpc) is 2.54. The van der Waals surface area contributed by atoms with E-state index in [1.54, 1.807) is 43.3 Å². The van der Waals surface area contributed by atoms with Crippen molar-refractivity contribution < 1.29 is 14.3 Å². The number of carbonyl (C=O) groups excluding carboxylic acids is 2. The van der Waals surface area contributed by atoms with Crippen LogP contribution >= 0.6 is 34.8 Å². The van der Waals surface area contributed by atoms with E-state index >= 15 is 0 Å². The first-order valence-corrected chi connectivity index (χ1v) is 8.63. The van der Waals surface area contributed by atoms with Gasteiger partial charge in [0.15, 0.2) is 6.10 Å². The number of halogens is 3. The van der Waals surface area contributed by atoms with E-state index in [0.717, 1.165) is 0 Å². The van der Waals surface area contributed by atoms with E-state index in [4.69, 9.17) is 39.5 Å². The van der Waals surface area contributed by atoms with Crippen LogP contribution in [0.25, 0.3) is 0 Å². The number of carbonyl (C=O) groups is 2. The zero-order chi connectivity index (χ0) is 18.6. The summed E-state index contributed by atoms with van der Waals surface area (Å²) in [5.41, 5.74) is 0.994. The zero-order valence-electron chi connectivity index (χ0n) is 13.6. The molecule has 7 heteroatoms. The van der Waals surface area contributed by atoms with Crippen molar-refractivity contribution in [2.75, 3.05) is 0 Å². The summed E-state index contributed by atoms with van der Waals surface area (Å²) < 4.78 is 5.18. The van der Waals surface area contributed by atoms with Gasteiger partial charge in [-0.25, -0.2) is 4.79 Å². The van der Waals surface area contributed by atoms with Gasteiger partial charge in [0.1, 0.15) is 0 Å². The molecule has 1 N–H and O–H groups in total. The van der Waals surface area contributed by atoms with Gasteiger partial charge in [0.25, 0.3) is 5.91 Å². The van der Waals surface area contributed by atoms with Crippen molar-refractivity contribution in [2.24, 2.45) is 0 Å². The predicted octanol–water partition coefficient (Wildman–Crippen LogP) is 5.07. The van der Waals surface area contributed by atoms with Crippen LogP contribution in [0, 0.1) is 0 Å². The van der Waals surface area contributed by atoms with Gasteiger partial charge < -0.3 is 10.1 Å². The topological polar surface area (TPSA) is 55.4 Å². The lowest BCUT2D eigenvalue weighted by molar-refractivity contribution is -0.129. The molecule has 0 unspecified atom stereocenters. The lowest BCUT2D eigenvalue weighted by Crippen LogP contribution is -2.37. The Morgan fingerprint density at radius 3 is 2.32 bits per heavy atom. The zero-order valence-corrected chi connectivity index (χ0v) is 15.8. The first kappa shape index (κ1) is 19.6. The maximum absolute atomic E-state index is 12.3. The van der Waals surface area contributed by atoms with Crippen molar-refractivity contribution in [3.8, 4) is 0 Å². The summed E-state index contributed by atoms with van der Waals surface area (Å²) in [6, 6.07) is 11.0. The molecule has 0 aliphatic carbocycles. The Bertz CT molecular complexity index is 795. The van der Waals surface area contributed by atoms with Gasteiger partial charge in [-0.2, -0.15) is 0 Å². The summed E-state index contributed by atoms with van der Waals surface area (Å²) in [6.45, 7) is 3.27. The molecule has 0 aromatic heterocycles. The number of nitrogens with one attached hydrogen (secondary N) is 1. The Kier molecular flexibility index (Phi) is 6.71. The molecule has 132 valence electrons. The molecular weight excluding hydrogens is 385 g/mol. The van der Waals surface area contributed by atoms with Gasteiger partial charge in [-0.15, -0.1) is 0 Å². The van der Waals surface area contributed by atoms with Gasteiger partial charge in [0.05, 0.1) is 11.6 Å². The molecule has 2 atom stereocenters. The number of esters is 1. The smallest absolute Gasteiger partial charge is 0.338 e. The molecular formula is C18H16Cl3NO3. The fourth-order valence-corrected chi connectivity index (χ4v) is 2.92. The minimum Gasteiger partial charge on any atom is -0.449 e. The number of amides is 1. The maximum atomic E-state index is 12.3. The van der Waals surface area contributed by atoms with Crippen LogP contribution in [0.5, 0.6) is 0 Å². The highest BCUT2D eigenvalue weighted by atomic mass is 35.5. The quantitative estimate of drug-likeness (QED) is 0.713. The highest BCUT2D eigenvalue weighted by molar-refractivity contribution is 6.35. The second-order valence-corrected chi connectivity index (χ2v) is 6.73. The third kappa shape index (κ3) is 5.36. The lowest BCUT2D eigenvalue weighted by atomic mass is 10.1. The van der Waals surface area contributed by atoms with Crippen LogP contribution in [0.4, 0.5) is 0 Å². The van der Waals surface area contributed by atoms with Crippen LogP contribution < -0.4 is 5.32 Å². The molecule has 0 radical (unpaired) electrons. The van der Waals surface area contributed by atoms with E-state index in [2.05, 4.69) is 5.32 Å². The monoisotopic (exact) mass is 399 g/mol. The first-order chi connectivity index (χ1) is 11.8. The van der Waals surface area contributed by atoms with Crippen molar-refractivity contribution in [2.45, 2.75) is 26.0 Å². The summed E-state index contributed by atoms with van der Waals surface area (Å²) in [4.78, 5) is 24.3. The Hall–Kier alpha value is -1.75. The molecule has 0 heterocycles. The Labute approximate surface area is 161 Å². The van der Waals surface area contributed by atoms with Gasteiger partial charge in [-0.3, -0.25) is 4.79 Å². The molecule has 4 nitrogen and oxygen atoms in total. The molecule has 2 aromatic rings. The highest BCUT2D eigenvalue weighted by Crippen LogP contribution is 2.26. The van der Waals surface area contributed by atoms with E-state index in [1.807, 2.05) is 0 Å². The second kappa shape index (κ2) is 8.56. The van der Waals surface area contributed by atoms with Gasteiger partial charge >= 0.3 is 5.97 Å². The summed E-state index contributed by atoms with van der Waals surface area (Å²) in [6.07, 6.45) is -0.972. The van der Waals surface area contributed by atoms with Crippen LogP contribution in [0.15, 0.2) is 42.5 Å². The predicted molar refractivity (Wildman–Crippen MR) is 99.3 cm³/mol. The normalized spacial score (nSPS) is 13.0. The largest absolute Gasteiger partial charge is 0.449 e. The summed E-state index contributed by atoms with van der Waals surface area (Å²) >= 11 is 17.8. The Morgan fingerprint density at radius 1 is 1.00 bits per heavy atom. The minimum atomic E-state index is -0.972. The van der Waals surface area contributed by atoms with E-state index in [0.29, 0.717) is 20.6 Å². The molecule has 0 bridgehead atoms. The standard InChI is InChI=1S/C18H16Cl3NO3/c1-10(15-7-6-14(20)9-16(15)21)22-17(23)11(2)25-18(24)12-4-3-5-13(19)8-12/h3-11H,1-2H3,(H,22,23)/t10-,11+/m1/s1. The van der Waals surface area contributed by atoms with Gasteiger partial charge in [0, 0.05) is 15.1 Å². The van der Waals surface area contributed by atoms with Crippen LogP contribution in [-0.4, -0.2) is 18.0 Å². The third-order valence-electron chi connectivity index (χ3n) is 3.50. The Morgan fingerprint density at radius 2 is 1.68 bits per heavy atom. The molecule has 2 rings (SSSR count). The van der Waals surface area contributed by atoms with Gasteiger partial charge in [0.2, 0.25) is 0 Å².